The monoisotopic (exact) mass is 702 g/mol. The predicted octanol–water partition coefficient (Wildman–Crippen LogP) is 6.11. The van der Waals surface area contributed by atoms with Gasteiger partial charge in [-0.05, 0) is 53.8 Å². The summed E-state index contributed by atoms with van der Waals surface area (Å²) in [6.45, 7) is 4.67. The Kier molecular flexibility index (Phi) is 11.1. The molecule has 0 bridgehead atoms. The fraction of sp³-hybridized carbons (Fsp3) is 0.303. The molecule has 5 rings (SSSR count). The average Bonchev–Trinajstić information content (AvgIpc) is 3.55. The van der Waals surface area contributed by atoms with Crippen LogP contribution in [0.4, 0.5) is 5.69 Å². The van der Waals surface area contributed by atoms with E-state index in [4.69, 9.17) is 25.0 Å². The Morgan fingerprint density at radius 3 is 2.51 bits per heavy atom. The van der Waals surface area contributed by atoms with E-state index < -0.39 is 26.0 Å². The zero-order valence-electron chi connectivity index (χ0n) is 26.1. The van der Waals surface area contributed by atoms with E-state index >= 15 is 0 Å². The summed E-state index contributed by atoms with van der Waals surface area (Å²) in [6, 6.07) is 21.0. The number of aromatic nitrogens is 1. The van der Waals surface area contributed by atoms with E-state index in [2.05, 4.69) is 5.48 Å². The van der Waals surface area contributed by atoms with Crippen LogP contribution in [0.3, 0.4) is 0 Å². The second kappa shape index (κ2) is 15.0. The Morgan fingerprint density at radius 1 is 1.00 bits per heavy atom. The summed E-state index contributed by atoms with van der Waals surface area (Å²) >= 11 is 6.27. The van der Waals surface area contributed by atoms with Gasteiger partial charge in [-0.2, -0.15) is 31.2 Å². The van der Waals surface area contributed by atoms with Crippen LogP contribution in [-0.4, -0.2) is 46.0 Å². The van der Waals surface area contributed by atoms with Crippen molar-refractivity contribution in [2.45, 2.75) is 39.7 Å². The number of ether oxygens (including phenoxy) is 1. The molecule has 11 nitrogen and oxygen atoms in total. The second-order valence-electron chi connectivity index (χ2n) is 10.9. The highest BCUT2D eigenvalue weighted by molar-refractivity contribution is 7.86. The number of nitrogens with one attached hydrogen (secondary N) is 1. The first-order valence-corrected chi connectivity index (χ1v) is 18.8. The van der Waals surface area contributed by atoms with Gasteiger partial charge in [0, 0.05) is 36.7 Å². The molecular weight excluding hydrogens is 666 g/mol. The van der Waals surface area contributed by atoms with E-state index in [-0.39, 0.29) is 25.1 Å². The van der Waals surface area contributed by atoms with Gasteiger partial charge in [0.2, 0.25) is 11.5 Å². The van der Waals surface area contributed by atoms with Crippen molar-refractivity contribution in [3.63, 3.8) is 0 Å². The number of hydrogen-bond donors (Lipinski definition) is 2. The molecule has 0 atom stereocenters. The molecule has 250 valence electrons. The molecule has 0 aliphatic carbocycles. The predicted molar refractivity (Wildman–Crippen MR) is 182 cm³/mol. The van der Waals surface area contributed by atoms with E-state index in [0.29, 0.717) is 53.3 Å². The third kappa shape index (κ3) is 9.01. The molecule has 0 fully saturated rings. The number of hydroxylamine groups is 1. The van der Waals surface area contributed by atoms with Crippen LogP contribution in [0.15, 0.2) is 88.7 Å². The minimum absolute atomic E-state index is 0.157. The van der Waals surface area contributed by atoms with Crippen molar-refractivity contribution in [3.05, 3.63) is 95.2 Å². The van der Waals surface area contributed by atoms with E-state index in [1.807, 2.05) is 77.1 Å². The van der Waals surface area contributed by atoms with Gasteiger partial charge in [0.25, 0.3) is 25.8 Å². The molecule has 47 heavy (non-hydrogen) atoms. The molecule has 1 aliphatic rings. The number of aryl methyl sites for hydroxylation is 1. The van der Waals surface area contributed by atoms with Crippen molar-refractivity contribution in [1.29, 1.82) is 0 Å². The van der Waals surface area contributed by atoms with Gasteiger partial charge in [-0.15, -0.1) is 0 Å². The molecule has 0 saturated carbocycles. The highest BCUT2D eigenvalue weighted by Crippen LogP contribution is 2.41. The van der Waals surface area contributed by atoms with Gasteiger partial charge in [-0.25, -0.2) is 0 Å². The molecule has 0 unspecified atom stereocenters. The third-order valence-corrected chi connectivity index (χ3v) is 9.65. The molecular formula is C33H37ClN3O8S2+. The fourth-order valence-corrected chi connectivity index (χ4v) is 6.74. The van der Waals surface area contributed by atoms with Gasteiger partial charge in [0.15, 0.2) is 12.3 Å². The summed E-state index contributed by atoms with van der Waals surface area (Å²) in [6.07, 6.45) is 4.74. The van der Waals surface area contributed by atoms with Crippen molar-refractivity contribution in [2.75, 3.05) is 29.5 Å². The number of hydrogen-bond acceptors (Lipinski definition) is 9. The molecule has 0 spiro atoms. The standard InChI is InChI=1S/C33H36ClN3O8S2/c1-3-24(21-33-37(16-8-18-46(38,39)40)29-23-27(34)13-15-31(29)44-33)20-32-36(17-9-19-47(41,42)45-35-4-2)28-22-26(12-14-30(28)43-32)25-10-6-5-7-11-25/h5-7,10-15,20-23,35H,3-4,8-9,16-19H2,1-2H3/p+1. The van der Waals surface area contributed by atoms with Crippen LogP contribution in [-0.2, 0) is 31.1 Å². The number of anilines is 1. The van der Waals surface area contributed by atoms with Crippen LogP contribution in [0.1, 0.15) is 39.0 Å². The lowest BCUT2D eigenvalue weighted by Crippen LogP contribution is -2.36. The van der Waals surface area contributed by atoms with E-state index in [1.165, 1.54) is 0 Å². The quantitative estimate of drug-likeness (QED) is 0.0847. The van der Waals surface area contributed by atoms with Crippen LogP contribution in [0.25, 0.3) is 28.3 Å². The average molecular weight is 703 g/mol. The van der Waals surface area contributed by atoms with Crippen molar-refractivity contribution in [3.8, 4) is 16.9 Å². The Morgan fingerprint density at radius 2 is 1.79 bits per heavy atom. The van der Waals surface area contributed by atoms with Gasteiger partial charge in [-0.3, -0.25) is 4.55 Å². The maximum absolute atomic E-state index is 12.4. The molecule has 4 aromatic rings. The smallest absolute Gasteiger partial charge is 0.374 e. The first kappa shape index (κ1) is 34.6. The number of fused-ring (bicyclic) bond motifs is 2. The van der Waals surface area contributed by atoms with Crippen LogP contribution in [0.5, 0.6) is 5.75 Å². The van der Waals surface area contributed by atoms with Gasteiger partial charge in [-0.1, -0.05) is 61.8 Å². The molecule has 2 heterocycles. The van der Waals surface area contributed by atoms with E-state index in [1.54, 1.807) is 25.1 Å². The van der Waals surface area contributed by atoms with Crippen molar-refractivity contribution in [1.82, 2.24) is 5.48 Å². The Balaban J connectivity index is 1.52. The number of allylic oxidation sites excluding steroid dienone is 2. The largest absolute Gasteiger partial charge is 0.439 e. The lowest BCUT2D eigenvalue weighted by atomic mass is 10.1. The van der Waals surface area contributed by atoms with E-state index in [0.717, 1.165) is 22.2 Å². The molecule has 0 radical (unpaired) electrons. The lowest BCUT2D eigenvalue weighted by Gasteiger charge is -2.18. The molecule has 1 aliphatic heterocycles. The minimum Gasteiger partial charge on any atom is -0.439 e. The van der Waals surface area contributed by atoms with Crippen LogP contribution >= 0.6 is 11.6 Å². The molecule has 0 amide bonds. The number of benzene rings is 3. The van der Waals surface area contributed by atoms with Gasteiger partial charge in [0.05, 0.1) is 23.3 Å². The van der Waals surface area contributed by atoms with Crippen molar-refractivity contribution < 1.29 is 39.4 Å². The lowest BCUT2D eigenvalue weighted by molar-refractivity contribution is -0.677. The van der Waals surface area contributed by atoms with Gasteiger partial charge in [0.1, 0.15) is 0 Å². The third-order valence-electron chi connectivity index (χ3n) is 7.45. The zero-order chi connectivity index (χ0) is 33.6. The fourth-order valence-electron chi connectivity index (χ4n) is 5.22. The van der Waals surface area contributed by atoms with Crippen LogP contribution < -0.4 is 19.7 Å². The number of nitrogens with zero attached hydrogens (tertiary/aromatic N) is 2. The van der Waals surface area contributed by atoms with Crippen LogP contribution in [0, 0.1) is 0 Å². The maximum Gasteiger partial charge on any atom is 0.374 e. The summed E-state index contributed by atoms with van der Waals surface area (Å²) in [5, 5.41) is 0.496. The molecule has 2 N–H and O–H groups in total. The van der Waals surface area contributed by atoms with Crippen molar-refractivity contribution in [2.24, 2.45) is 0 Å². The maximum atomic E-state index is 12.4. The van der Waals surface area contributed by atoms with Gasteiger partial charge < -0.3 is 14.1 Å². The Bertz CT molecular complexity index is 2010. The first-order chi connectivity index (χ1) is 22.5. The summed E-state index contributed by atoms with van der Waals surface area (Å²) < 4.78 is 76.1. The minimum atomic E-state index is -4.14. The molecule has 14 heteroatoms. The first-order valence-electron chi connectivity index (χ1n) is 15.2. The molecule has 0 saturated heterocycles. The number of halogens is 1. The number of rotatable bonds is 15. The van der Waals surface area contributed by atoms with Crippen LogP contribution in [0.2, 0.25) is 5.02 Å². The highest BCUT2D eigenvalue weighted by Gasteiger charge is 2.28. The zero-order valence-corrected chi connectivity index (χ0v) is 28.4. The highest BCUT2D eigenvalue weighted by atomic mass is 35.5. The topological polar surface area (TPSA) is 139 Å². The Labute approximate surface area is 279 Å². The second-order valence-corrected chi connectivity index (χ2v) is 14.6. The van der Waals surface area contributed by atoms with E-state index in [9.17, 15) is 21.4 Å². The molecule has 1 aromatic heterocycles. The number of oxazole rings is 1. The summed E-state index contributed by atoms with van der Waals surface area (Å²) in [5.41, 5.74) is 7.38. The van der Waals surface area contributed by atoms with Gasteiger partial charge >= 0.3 is 5.89 Å². The SMILES string of the molecule is CCNOS(=O)(=O)CCC[n+]1c(/C=C(/C=C2\Oc3ccc(Cl)cc3N2CCCS(=O)(=O)O)CC)oc2ccc(-c3ccccc3)cc21. The summed E-state index contributed by atoms with van der Waals surface area (Å²) in [5.74, 6) is 0.949. The normalized spacial score (nSPS) is 14.6. The summed E-state index contributed by atoms with van der Waals surface area (Å²) in [4.78, 5) is 1.82. The molecule has 3 aromatic carbocycles. The summed E-state index contributed by atoms with van der Waals surface area (Å²) in [7, 11) is -7.91. The Hall–Kier alpha value is -3.72. The van der Waals surface area contributed by atoms with Crippen molar-refractivity contribution >= 4 is 54.7 Å².